The smallest absolute Gasteiger partial charge is 0.335 e. The summed E-state index contributed by atoms with van der Waals surface area (Å²) in [4.78, 5) is 27.9. The van der Waals surface area contributed by atoms with Crippen molar-refractivity contribution in [3.05, 3.63) is 65.9 Å². The van der Waals surface area contributed by atoms with Gasteiger partial charge in [0.25, 0.3) is 0 Å². The lowest BCUT2D eigenvalue weighted by Gasteiger charge is -2.38. The minimum Gasteiger partial charge on any atom is -0.480 e. The highest BCUT2D eigenvalue weighted by atomic mass is 16.4. The molecule has 0 radical (unpaired) electrons. The zero-order chi connectivity index (χ0) is 20.5. The van der Waals surface area contributed by atoms with Crippen molar-refractivity contribution in [2.75, 3.05) is 31.1 Å². The largest absolute Gasteiger partial charge is 0.480 e. The molecule has 0 bridgehead atoms. The van der Waals surface area contributed by atoms with E-state index < -0.39 is 18.0 Å². The van der Waals surface area contributed by atoms with Crippen LogP contribution >= 0.6 is 0 Å². The number of anilines is 1. The molecule has 2 aromatic carbocycles. The van der Waals surface area contributed by atoms with Crippen molar-refractivity contribution < 1.29 is 19.8 Å². The Morgan fingerprint density at radius 2 is 1.66 bits per heavy atom. The van der Waals surface area contributed by atoms with Gasteiger partial charge in [0.1, 0.15) is 6.04 Å². The van der Waals surface area contributed by atoms with Gasteiger partial charge in [-0.3, -0.25) is 9.69 Å². The van der Waals surface area contributed by atoms with Gasteiger partial charge in [-0.1, -0.05) is 18.2 Å². The molecule has 4 rings (SSSR count). The second kappa shape index (κ2) is 7.60. The molecular weight excluding hydrogens is 370 g/mol. The zero-order valence-corrected chi connectivity index (χ0v) is 16.2. The van der Waals surface area contributed by atoms with Crippen molar-refractivity contribution in [2.45, 2.75) is 6.04 Å². The Bertz CT molecular complexity index is 1050. The third-order valence-electron chi connectivity index (χ3n) is 5.60. The number of rotatable bonds is 5. The quantitative estimate of drug-likeness (QED) is 0.693. The third-order valence-corrected chi connectivity index (χ3v) is 5.60. The Labute approximate surface area is 168 Å². The first-order valence-corrected chi connectivity index (χ1v) is 9.55. The molecule has 29 heavy (non-hydrogen) atoms. The summed E-state index contributed by atoms with van der Waals surface area (Å²) < 4.78 is 1.85. The van der Waals surface area contributed by atoms with Crippen molar-refractivity contribution in [1.29, 1.82) is 0 Å². The highest BCUT2D eigenvalue weighted by Crippen LogP contribution is 2.32. The number of carboxylic acid groups (broad SMARTS) is 2. The predicted molar refractivity (Wildman–Crippen MR) is 110 cm³/mol. The van der Waals surface area contributed by atoms with Crippen LogP contribution in [0.1, 0.15) is 22.0 Å². The first-order chi connectivity index (χ1) is 14.0. The molecular formula is C22H23N3O4. The maximum atomic E-state index is 12.2. The molecule has 1 saturated heterocycles. The van der Waals surface area contributed by atoms with Crippen molar-refractivity contribution in [3.63, 3.8) is 0 Å². The van der Waals surface area contributed by atoms with Crippen LogP contribution in [0, 0.1) is 0 Å². The van der Waals surface area contributed by atoms with Crippen molar-refractivity contribution in [3.8, 4) is 0 Å². The molecule has 1 fully saturated rings. The Morgan fingerprint density at radius 1 is 0.966 bits per heavy atom. The lowest BCUT2D eigenvalue weighted by molar-refractivity contribution is -0.143. The third kappa shape index (κ3) is 3.56. The number of aryl methyl sites for hydroxylation is 1. The maximum Gasteiger partial charge on any atom is 0.335 e. The molecule has 150 valence electrons. The molecule has 0 amide bonds. The Kier molecular flexibility index (Phi) is 4.98. The number of carboxylic acids is 2. The van der Waals surface area contributed by atoms with Gasteiger partial charge in [0.2, 0.25) is 0 Å². The monoisotopic (exact) mass is 393 g/mol. The summed E-state index contributed by atoms with van der Waals surface area (Å²) >= 11 is 0. The van der Waals surface area contributed by atoms with E-state index in [2.05, 4.69) is 17.0 Å². The minimum atomic E-state index is -1.02. The van der Waals surface area contributed by atoms with Gasteiger partial charge in [-0.05, 0) is 30.3 Å². The Morgan fingerprint density at radius 3 is 2.28 bits per heavy atom. The van der Waals surface area contributed by atoms with Crippen LogP contribution in [0.25, 0.3) is 10.9 Å². The number of nitrogens with zero attached hydrogens (tertiary/aromatic N) is 3. The number of aromatic nitrogens is 1. The van der Waals surface area contributed by atoms with Gasteiger partial charge in [0, 0.05) is 61.6 Å². The van der Waals surface area contributed by atoms with Crippen LogP contribution in [0.2, 0.25) is 0 Å². The first-order valence-electron chi connectivity index (χ1n) is 9.55. The molecule has 1 atom stereocenters. The molecule has 0 unspecified atom stereocenters. The number of benzene rings is 2. The van der Waals surface area contributed by atoms with Gasteiger partial charge < -0.3 is 19.7 Å². The molecule has 7 nitrogen and oxygen atoms in total. The normalized spacial score (nSPS) is 16.1. The van der Waals surface area contributed by atoms with E-state index in [0.29, 0.717) is 24.0 Å². The predicted octanol–water partition coefficient (Wildman–Crippen LogP) is 2.82. The lowest BCUT2D eigenvalue weighted by atomic mass is 10.0. The van der Waals surface area contributed by atoms with Gasteiger partial charge in [0.05, 0.1) is 5.56 Å². The second-order valence-corrected chi connectivity index (χ2v) is 7.33. The van der Waals surface area contributed by atoms with Crippen LogP contribution in [0.5, 0.6) is 0 Å². The van der Waals surface area contributed by atoms with E-state index in [9.17, 15) is 19.8 Å². The fourth-order valence-electron chi connectivity index (χ4n) is 4.14. The number of piperazine rings is 1. The van der Waals surface area contributed by atoms with Gasteiger partial charge in [-0.15, -0.1) is 0 Å². The van der Waals surface area contributed by atoms with E-state index in [1.165, 1.54) is 0 Å². The fourth-order valence-corrected chi connectivity index (χ4v) is 4.14. The summed E-state index contributed by atoms with van der Waals surface area (Å²) in [6.07, 6.45) is 1.80. The minimum absolute atomic E-state index is 0.156. The molecule has 0 aliphatic carbocycles. The Balaban J connectivity index is 1.64. The van der Waals surface area contributed by atoms with Crippen LogP contribution in [0.3, 0.4) is 0 Å². The number of aromatic carboxylic acids is 1. The SMILES string of the molecule is Cn1cc([C@H](C(=O)O)N2CCN(c3ccccc3)CC2)c2cc(C(=O)O)ccc21. The average molecular weight is 393 g/mol. The van der Waals surface area contributed by atoms with E-state index in [1.54, 1.807) is 24.4 Å². The summed E-state index contributed by atoms with van der Waals surface area (Å²) in [5.41, 5.74) is 2.74. The van der Waals surface area contributed by atoms with E-state index in [0.717, 1.165) is 24.3 Å². The van der Waals surface area contributed by atoms with E-state index in [4.69, 9.17) is 0 Å². The molecule has 7 heteroatoms. The summed E-state index contributed by atoms with van der Waals surface area (Å²) in [6, 6.07) is 14.1. The highest BCUT2D eigenvalue weighted by molar-refractivity contribution is 5.96. The number of aliphatic carboxylic acids is 1. The van der Waals surface area contributed by atoms with Crippen LogP contribution in [-0.2, 0) is 11.8 Å². The Hall–Kier alpha value is -3.32. The van der Waals surface area contributed by atoms with Gasteiger partial charge in [-0.25, -0.2) is 4.79 Å². The summed E-state index contributed by atoms with van der Waals surface area (Å²) in [5.74, 6) is -1.95. The molecule has 3 aromatic rings. The number of para-hydroxylation sites is 1. The molecule has 1 aliphatic heterocycles. The lowest BCUT2D eigenvalue weighted by Crippen LogP contribution is -2.49. The number of hydrogen-bond donors (Lipinski definition) is 2. The van der Waals surface area contributed by atoms with Crippen molar-refractivity contribution >= 4 is 28.5 Å². The van der Waals surface area contributed by atoms with E-state index in [1.807, 2.05) is 34.7 Å². The molecule has 1 aromatic heterocycles. The maximum absolute atomic E-state index is 12.2. The molecule has 0 spiro atoms. The molecule has 2 N–H and O–H groups in total. The van der Waals surface area contributed by atoms with E-state index >= 15 is 0 Å². The van der Waals surface area contributed by atoms with Gasteiger partial charge in [-0.2, -0.15) is 0 Å². The average Bonchev–Trinajstić information content (AvgIpc) is 3.05. The molecule has 0 saturated carbocycles. The van der Waals surface area contributed by atoms with Crippen LogP contribution in [0.15, 0.2) is 54.7 Å². The fraction of sp³-hybridized carbons (Fsp3) is 0.273. The number of carbonyl (C=O) groups is 2. The summed E-state index contributed by atoms with van der Waals surface area (Å²) in [5, 5.41) is 20.0. The first kappa shape index (κ1) is 19.0. The zero-order valence-electron chi connectivity index (χ0n) is 16.2. The summed E-state index contributed by atoms with van der Waals surface area (Å²) in [6.45, 7) is 2.69. The van der Waals surface area contributed by atoms with Crippen molar-refractivity contribution in [1.82, 2.24) is 9.47 Å². The van der Waals surface area contributed by atoms with Crippen molar-refractivity contribution in [2.24, 2.45) is 7.05 Å². The van der Waals surface area contributed by atoms with Gasteiger partial charge in [0.15, 0.2) is 0 Å². The molecule has 1 aliphatic rings. The summed E-state index contributed by atoms with van der Waals surface area (Å²) in [7, 11) is 1.85. The number of hydrogen-bond acceptors (Lipinski definition) is 4. The van der Waals surface area contributed by atoms with Gasteiger partial charge >= 0.3 is 11.9 Å². The van der Waals surface area contributed by atoms with Crippen LogP contribution in [0.4, 0.5) is 5.69 Å². The molecule has 2 heterocycles. The number of fused-ring (bicyclic) bond motifs is 1. The highest BCUT2D eigenvalue weighted by Gasteiger charge is 2.32. The second-order valence-electron chi connectivity index (χ2n) is 7.33. The standard InChI is InChI=1S/C22H23N3O4/c1-23-14-18(17-13-15(21(26)27)7-8-19(17)23)20(22(28)29)25-11-9-24(10-12-25)16-5-3-2-4-6-16/h2-8,13-14,20H,9-12H2,1H3,(H,26,27)(H,28,29)/t20-/m1/s1. The van der Waals surface area contributed by atoms with Crippen LogP contribution < -0.4 is 4.90 Å². The van der Waals surface area contributed by atoms with E-state index in [-0.39, 0.29) is 5.56 Å². The van der Waals surface area contributed by atoms with Crippen LogP contribution in [-0.4, -0.2) is 57.8 Å². The topological polar surface area (TPSA) is 86.0 Å².